The molecule has 31 heavy (non-hydrogen) atoms. The van der Waals surface area contributed by atoms with Crippen LogP contribution in [-0.4, -0.2) is 69.3 Å². The number of nitrogens with one attached hydrogen (secondary N) is 1. The van der Waals surface area contributed by atoms with Crippen molar-refractivity contribution in [1.29, 1.82) is 0 Å². The zero-order valence-corrected chi connectivity index (χ0v) is 16.6. The Hall–Kier alpha value is -3.88. The fraction of sp³-hybridized carbons (Fsp3) is 0.273. The Morgan fingerprint density at radius 2 is 1.48 bits per heavy atom. The van der Waals surface area contributed by atoms with Crippen molar-refractivity contribution >= 4 is 23.6 Å². The number of imide groups is 1. The number of likely N-dealkylation sites (tertiary alicyclic amines) is 1. The third-order valence-corrected chi connectivity index (χ3v) is 5.52. The van der Waals surface area contributed by atoms with Crippen molar-refractivity contribution in [3.05, 3.63) is 59.2 Å². The lowest BCUT2D eigenvalue weighted by molar-refractivity contribution is -0.132. The van der Waals surface area contributed by atoms with E-state index in [9.17, 15) is 29.4 Å². The van der Waals surface area contributed by atoms with Gasteiger partial charge in [0.1, 0.15) is 18.0 Å². The molecule has 0 radical (unpaired) electrons. The molecular weight excluding hydrogens is 402 g/mol. The molecule has 0 unspecified atom stereocenters. The topological polar surface area (TPSA) is 127 Å². The van der Waals surface area contributed by atoms with E-state index in [-0.39, 0.29) is 35.6 Å². The van der Waals surface area contributed by atoms with E-state index in [2.05, 4.69) is 5.32 Å². The van der Waals surface area contributed by atoms with Crippen LogP contribution in [0.3, 0.4) is 0 Å². The summed E-state index contributed by atoms with van der Waals surface area (Å²) in [6.45, 7) is 0.433. The zero-order chi connectivity index (χ0) is 22.1. The van der Waals surface area contributed by atoms with Crippen molar-refractivity contribution in [3.8, 4) is 11.5 Å². The first-order valence-electron chi connectivity index (χ1n) is 9.90. The standard InChI is InChI=1S/C22H21N3O6/c26-15-9-13(10-16(27)11-15)20(29)23-14-5-7-24(8-6-14)19(28)12-25-21(30)17-3-1-2-4-18(17)22(25)31/h1-4,9-11,14,26-27H,5-8,12H2,(H,23,29). The minimum Gasteiger partial charge on any atom is -0.508 e. The number of aromatic hydroxyl groups is 2. The Labute approximate surface area is 177 Å². The Bertz CT molecular complexity index is 1020. The molecule has 9 heteroatoms. The molecule has 0 bridgehead atoms. The number of phenols is 2. The van der Waals surface area contributed by atoms with E-state index in [4.69, 9.17) is 0 Å². The van der Waals surface area contributed by atoms with Crippen molar-refractivity contribution in [2.45, 2.75) is 18.9 Å². The molecular formula is C22H21N3O6. The Balaban J connectivity index is 1.31. The second kappa shape index (κ2) is 8.10. The monoisotopic (exact) mass is 423 g/mol. The molecule has 4 amide bonds. The average molecular weight is 423 g/mol. The fourth-order valence-corrected chi connectivity index (χ4v) is 3.89. The molecule has 1 saturated heterocycles. The number of carbonyl (C=O) groups excluding carboxylic acids is 4. The Kier molecular flexibility index (Phi) is 5.33. The van der Waals surface area contributed by atoms with E-state index in [1.165, 1.54) is 12.1 Å². The smallest absolute Gasteiger partial charge is 0.262 e. The summed E-state index contributed by atoms with van der Waals surface area (Å²) in [5.41, 5.74) is 0.751. The summed E-state index contributed by atoms with van der Waals surface area (Å²) in [4.78, 5) is 52.4. The highest BCUT2D eigenvalue weighted by atomic mass is 16.3. The van der Waals surface area contributed by atoms with E-state index in [0.717, 1.165) is 11.0 Å². The van der Waals surface area contributed by atoms with Gasteiger partial charge in [0, 0.05) is 30.8 Å². The molecule has 4 rings (SSSR count). The van der Waals surface area contributed by atoms with Gasteiger partial charge in [-0.1, -0.05) is 12.1 Å². The van der Waals surface area contributed by atoms with Gasteiger partial charge in [-0.05, 0) is 37.1 Å². The predicted octanol–water partition coefficient (Wildman–Crippen LogP) is 1.11. The number of carbonyl (C=O) groups is 4. The van der Waals surface area contributed by atoms with Crippen molar-refractivity contribution in [2.24, 2.45) is 0 Å². The van der Waals surface area contributed by atoms with Gasteiger partial charge < -0.3 is 20.4 Å². The zero-order valence-electron chi connectivity index (χ0n) is 16.6. The summed E-state index contributed by atoms with van der Waals surface area (Å²) in [5.74, 6) is -2.10. The molecule has 0 saturated carbocycles. The van der Waals surface area contributed by atoms with Crippen LogP contribution >= 0.6 is 0 Å². The van der Waals surface area contributed by atoms with Gasteiger partial charge in [0.2, 0.25) is 5.91 Å². The molecule has 3 N–H and O–H groups in total. The number of phenolic OH excluding ortho intramolecular Hbond substituents is 2. The molecule has 0 aliphatic carbocycles. The van der Waals surface area contributed by atoms with Crippen LogP contribution in [0.2, 0.25) is 0 Å². The van der Waals surface area contributed by atoms with Crippen LogP contribution in [0, 0.1) is 0 Å². The average Bonchev–Trinajstić information content (AvgIpc) is 2.98. The molecule has 9 nitrogen and oxygen atoms in total. The summed E-state index contributed by atoms with van der Waals surface area (Å²) in [5, 5.41) is 21.9. The molecule has 0 atom stereocenters. The lowest BCUT2D eigenvalue weighted by Crippen LogP contribution is -2.49. The van der Waals surface area contributed by atoms with E-state index in [1.54, 1.807) is 29.2 Å². The Morgan fingerprint density at radius 3 is 2.03 bits per heavy atom. The van der Waals surface area contributed by atoms with Crippen LogP contribution in [-0.2, 0) is 4.79 Å². The quantitative estimate of drug-likeness (QED) is 0.633. The van der Waals surface area contributed by atoms with Crippen molar-refractivity contribution in [1.82, 2.24) is 15.1 Å². The second-order valence-electron chi connectivity index (χ2n) is 7.61. The number of fused-ring (bicyclic) bond motifs is 1. The van der Waals surface area contributed by atoms with E-state index < -0.39 is 17.7 Å². The van der Waals surface area contributed by atoms with Crippen molar-refractivity contribution in [2.75, 3.05) is 19.6 Å². The minimum atomic E-state index is -0.467. The highest BCUT2D eigenvalue weighted by Gasteiger charge is 2.37. The SMILES string of the molecule is O=C(NC1CCN(C(=O)CN2C(=O)c3ccccc3C2=O)CC1)c1cc(O)cc(O)c1. The molecule has 2 aliphatic rings. The number of nitrogens with zero attached hydrogens (tertiary/aromatic N) is 2. The van der Waals surface area contributed by atoms with Crippen LogP contribution in [0.25, 0.3) is 0 Å². The third-order valence-electron chi connectivity index (χ3n) is 5.52. The molecule has 2 aliphatic heterocycles. The van der Waals surface area contributed by atoms with Gasteiger partial charge in [0.05, 0.1) is 11.1 Å². The van der Waals surface area contributed by atoms with Gasteiger partial charge in [-0.3, -0.25) is 24.1 Å². The molecule has 0 spiro atoms. The minimum absolute atomic E-state index is 0.140. The number of hydrogen-bond acceptors (Lipinski definition) is 6. The number of benzene rings is 2. The predicted molar refractivity (Wildman–Crippen MR) is 109 cm³/mol. The maximum Gasteiger partial charge on any atom is 0.262 e. The maximum absolute atomic E-state index is 12.7. The van der Waals surface area contributed by atoms with Gasteiger partial charge in [-0.15, -0.1) is 0 Å². The molecule has 2 heterocycles. The summed E-state index contributed by atoms with van der Waals surface area (Å²) in [6.07, 6.45) is 1.01. The number of hydrogen-bond donors (Lipinski definition) is 3. The highest BCUT2D eigenvalue weighted by molar-refractivity contribution is 6.22. The van der Waals surface area contributed by atoms with Crippen LogP contribution in [0.4, 0.5) is 0 Å². The Morgan fingerprint density at radius 1 is 0.935 bits per heavy atom. The van der Waals surface area contributed by atoms with Crippen molar-refractivity contribution in [3.63, 3.8) is 0 Å². The van der Waals surface area contributed by atoms with E-state index >= 15 is 0 Å². The first-order valence-corrected chi connectivity index (χ1v) is 9.90. The molecule has 1 fully saturated rings. The largest absolute Gasteiger partial charge is 0.508 e. The number of amides is 4. The van der Waals surface area contributed by atoms with Gasteiger partial charge in [0.15, 0.2) is 0 Å². The van der Waals surface area contributed by atoms with Crippen LogP contribution in [0.15, 0.2) is 42.5 Å². The van der Waals surface area contributed by atoms with E-state index in [1.807, 2.05) is 0 Å². The second-order valence-corrected chi connectivity index (χ2v) is 7.61. The molecule has 160 valence electrons. The molecule has 0 aromatic heterocycles. The third kappa shape index (κ3) is 4.07. The van der Waals surface area contributed by atoms with Crippen molar-refractivity contribution < 1.29 is 29.4 Å². The first-order chi connectivity index (χ1) is 14.8. The van der Waals surface area contributed by atoms with Crippen LogP contribution < -0.4 is 5.32 Å². The van der Waals surface area contributed by atoms with Gasteiger partial charge in [0.25, 0.3) is 17.7 Å². The van der Waals surface area contributed by atoms with Gasteiger partial charge >= 0.3 is 0 Å². The normalized spacial score (nSPS) is 16.4. The van der Waals surface area contributed by atoms with Crippen LogP contribution in [0.5, 0.6) is 11.5 Å². The molecule has 2 aromatic carbocycles. The molecule has 2 aromatic rings. The van der Waals surface area contributed by atoms with Gasteiger partial charge in [-0.25, -0.2) is 0 Å². The summed E-state index contributed by atoms with van der Waals surface area (Å²) in [7, 11) is 0. The highest BCUT2D eigenvalue weighted by Crippen LogP contribution is 2.23. The maximum atomic E-state index is 12.7. The summed E-state index contributed by atoms with van der Waals surface area (Å²) >= 11 is 0. The van der Waals surface area contributed by atoms with E-state index in [0.29, 0.717) is 37.1 Å². The lowest BCUT2D eigenvalue weighted by atomic mass is 10.0. The summed E-state index contributed by atoms with van der Waals surface area (Å²) < 4.78 is 0. The summed E-state index contributed by atoms with van der Waals surface area (Å²) in [6, 6.07) is 9.96. The van der Waals surface area contributed by atoms with Gasteiger partial charge in [-0.2, -0.15) is 0 Å². The fourth-order valence-electron chi connectivity index (χ4n) is 3.89. The number of piperidine rings is 1. The first kappa shape index (κ1) is 20.4. The number of rotatable bonds is 4. The van der Waals surface area contributed by atoms with Crippen LogP contribution in [0.1, 0.15) is 43.9 Å². The lowest BCUT2D eigenvalue weighted by Gasteiger charge is -2.33.